The molecule has 0 spiro atoms. The average Bonchev–Trinajstić information content (AvgIpc) is 2.61. The van der Waals surface area contributed by atoms with Crippen molar-refractivity contribution in [3.63, 3.8) is 0 Å². The fraction of sp³-hybridized carbons (Fsp3) is 0.762. The lowest BCUT2D eigenvalue weighted by atomic mass is 9.38. The average molecular weight is 376 g/mol. The van der Waals surface area contributed by atoms with Gasteiger partial charge in [-0.3, -0.25) is 14.4 Å². The Labute approximate surface area is 159 Å². The van der Waals surface area contributed by atoms with Gasteiger partial charge in [-0.1, -0.05) is 27.7 Å². The normalized spacial score (nSPS) is 51.7. The van der Waals surface area contributed by atoms with Crippen LogP contribution in [0.3, 0.4) is 0 Å². The van der Waals surface area contributed by atoms with Gasteiger partial charge in [-0.25, -0.2) is 0 Å². The van der Waals surface area contributed by atoms with Crippen molar-refractivity contribution in [1.29, 1.82) is 0 Å². The van der Waals surface area contributed by atoms with E-state index in [4.69, 9.17) is 9.47 Å². The molecule has 3 aliphatic carbocycles. The van der Waals surface area contributed by atoms with Crippen molar-refractivity contribution in [3.8, 4) is 0 Å². The van der Waals surface area contributed by atoms with E-state index in [9.17, 15) is 19.5 Å². The summed E-state index contributed by atoms with van der Waals surface area (Å²) in [5.74, 6) is -1.82. The number of Topliss-reactive ketones (excluding diaryl/α,β-unsaturated/α-hetero) is 2. The lowest BCUT2D eigenvalue weighted by Crippen LogP contribution is -2.72. The highest BCUT2D eigenvalue weighted by atomic mass is 16.5. The van der Waals surface area contributed by atoms with Gasteiger partial charge in [0.25, 0.3) is 0 Å². The third-order valence-corrected chi connectivity index (χ3v) is 8.35. The van der Waals surface area contributed by atoms with Gasteiger partial charge in [0.15, 0.2) is 11.5 Å². The molecule has 0 aromatic rings. The van der Waals surface area contributed by atoms with E-state index in [0.29, 0.717) is 12.2 Å². The van der Waals surface area contributed by atoms with Crippen LogP contribution in [-0.4, -0.2) is 42.0 Å². The second-order valence-electron chi connectivity index (χ2n) is 9.32. The fourth-order valence-corrected chi connectivity index (χ4v) is 7.00. The second-order valence-corrected chi connectivity index (χ2v) is 9.32. The van der Waals surface area contributed by atoms with E-state index in [0.717, 1.165) is 0 Å². The first-order valence-corrected chi connectivity index (χ1v) is 9.80. The molecule has 0 aromatic carbocycles. The summed E-state index contributed by atoms with van der Waals surface area (Å²) in [6.45, 7) is 7.66. The number of carbonyl (C=O) groups is 3. The topological polar surface area (TPSA) is 89.9 Å². The molecule has 1 N–H and O–H groups in total. The number of ether oxygens (including phenoxy) is 2. The number of aliphatic hydroxyl groups is 1. The smallest absolute Gasteiger partial charge is 0.306 e. The molecule has 4 aliphatic rings. The lowest BCUT2D eigenvalue weighted by molar-refractivity contribution is -0.249. The number of hydrogen-bond donors (Lipinski definition) is 1. The van der Waals surface area contributed by atoms with Gasteiger partial charge in [-0.2, -0.15) is 0 Å². The molecule has 0 radical (unpaired) electrons. The number of carbonyl (C=O) groups excluding carboxylic acids is 3. The van der Waals surface area contributed by atoms with Crippen LogP contribution in [0.1, 0.15) is 40.5 Å². The third kappa shape index (κ3) is 2.08. The Morgan fingerprint density at radius 3 is 2.48 bits per heavy atom. The predicted octanol–water partition coefficient (Wildman–Crippen LogP) is 1.90. The van der Waals surface area contributed by atoms with Crippen LogP contribution in [0.5, 0.6) is 0 Å². The van der Waals surface area contributed by atoms with Gasteiger partial charge in [-0.05, 0) is 30.3 Å². The molecule has 0 bridgehead atoms. The Bertz CT molecular complexity index is 756. The molecule has 1 aliphatic heterocycles. The molecule has 9 atom stereocenters. The summed E-state index contributed by atoms with van der Waals surface area (Å²) in [4.78, 5) is 38.7. The molecular weight excluding hydrogens is 348 g/mol. The summed E-state index contributed by atoms with van der Waals surface area (Å²) >= 11 is 0. The Hall–Kier alpha value is -1.69. The summed E-state index contributed by atoms with van der Waals surface area (Å²) in [7, 11) is 1.48. The Morgan fingerprint density at radius 1 is 1.19 bits per heavy atom. The third-order valence-electron chi connectivity index (χ3n) is 8.35. The standard InChI is InChI=1S/C21H28O6/c1-9-6-13(26-5)19(25)21(4)11(9)7-14-20(3)12(8-15(22)27-14)10(2)16(23)17(24)18(20)21/h6,9-12,14,17-18,24H,7-8H2,1-5H3/t9-,10-,11+,12+,14-,17-,18+,20-,21+/m1/s1. The van der Waals surface area contributed by atoms with Crippen molar-refractivity contribution < 1.29 is 29.0 Å². The Kier molecular flexibility index (Phi) is 3.91. The molecular formula is C21H28O6. The molecule has 2 saturated carbocycles. The molecule has 27 heavy (non-hydrogen) atoms. The number of allylic oxidation sites excluding steroid dienone is 2. The molecule has 1 saturated heterocycles. The monoisotopic (exact) mass is 376 g/mol. The Morgan fingerprint density at radius 2 is 1.85 bits per heavy atom. The second kappa shape index (κ2) is 5.66. The highest BCUT2D eigenvalue weighted by Gasteiger charge is 2.72. The quantitative estimate of drug-likeness (QED) is 0.703. The van der Waals surface area contributed by atoms with Crippen molar-refractivity contribution in [1.82, 2.24) is 0 Å². The molecule has 1 heterocycles. The summed E-state index contributed by atoms with van der Waals surface area (Å²) < 4.78 is 11.1. The zero-order valence-corrected chi connectivity index (χ0v) is 16.5. The fourth-order valence-electron chi connectivity index (χ4n) is 7.00. The van der Waals surface area contributed by atoms with E-state index in [1.165, 1.54) is 7.11 Å². The number of aliphatic hydroxyl groups excluding tert-OH is 1. The first-order chi connectivity index (χ1) is 12.6. The van der Waals surface area contributed by atoms with Crippen LogP contribution in [-0.2, 0) is 23.9 Å². The van der Waals surface area contributed by atoms with Crippen molar-refractivity contribution in [2.75, 3.05) is 7.11 Å². The number of esters is 1. The van der Waals surface area contributed by atoms with Crippen LogP contribution in [0.2, 0.25) is 0 Å². The number of methoxy groups -OCH3 is 1. The molecule has 0 aromatic heterocycles. The number of rotatable bonds is 1. The van der Waals surface area contributed by atoms with Gasteiger partial charge in [0.1, 0.15) is 12.2 Å². The van der Waals surface area contributed by atoms with Crippen LogP contribution in [0.25, 0.3) is 0 Å². The Balaban J connectivity index is 1.94. The van der Waals surface area contributed by atoms with Crippen LogP contribution in [0, 0.1) is 40.4 Å². The van der Waals surface area contributed by atoms with E-state index >= 15 is 0 Å². The summed E-state index contributed by atoms with van der Waals surface area (Å²) in [6.07, 6.45) is 0.880. The highest BCUT2D eigenvalue weighted by molar-refractivity contribution is 6.01. The summed E-state index contributed by atoms with van der Waals surface area (Å²) in [5.41, 5.74) is -1.57. The van der Waals surface area contributed by atoms with Crippen molar-refractivity contribution >= 4 is 17.5 Å². The van der Waals surface area contributed by atoms with E-state index in [2.05, 4.69) is 0 Å². The van der Waals surface area contributed by atoms with Crippen LogP contribution in [0.15, 0.2) is 11.8 Å². The van der Waals surface area contributed by atoms with Crippen molar-refractivity contribution in [3.05, 3.63) is 11.8 Å². The molecule has 0 unspecified atom stereocenters. The lowest BCUT2D eigenvalue weighted by Gasteiger charge is -2.66. The van der Waals surface area contributed by atoms with E-state index < -0.39 is 34.9 Å². The molecule has 6 heteroatoms. The maximum Gasteiger partial charge on any atom is 0.306 e. The molecule has 148 valence electrons. The SMILES string of the molecule is COC1=C[C@@H](C)[C@@H]2C[C@H]3OC(=O)C[C@H]4[C@@H](C)C(=O)[C@@H](O)[C@H]([C@@]2(C)C1=O)[C@@]34C. The number of ketones is 2. The minimum Gasteiger partial charge on any atom is -0.493 e. The molecule has 3 fully saturated rings. The van der Waals surface area contributed by atoms with Crippen LogP contribution in [0.4, 0.5) is 0 Å². The van der Waals surface area contributed by atoms with Gasteiger partial charge >= 0.3 is 5.97 Å². The van der Waals surface area contributed by atoms with Gasteiger partial charge in [0, 0.05) is 29.1 Å². The highest BCUT2D eigenvalue weighted by Crippen LogP contribution is 2.67. The minimum absolute atomic E-state index is 0.00734. The minimum atomic E-state index is -1.25. The first kappa shape index (κ1) is 18.7. The van der Waals surface area contributed by atoms with Crippen LogP contribution < -0.4 is 0 Å². The van der Waals surface area contributed by atoms with E-state index in [1.54, 1.807) is 6.92 Å². The van der Waals surface area contributed by atoms with Crippen molar-refractivity contribution in [2.45, 2.75) is 52.7 Å². The van der Waals surface area contributed by atoms with E-state index in [-0.39, 0.29) is 41.7 Å². The van der Waals surface area contributed by atoms with Gasteiger partial charge < -0.3 is 14.6 Å². The van der Waals surface area contributed by atoms with Gasteiger partial charge in [0.05, 0.1) is 7.11 Å². The first-order valence-electron chi connectivity index (χ1n) is 9.80. The zero-order chi connectivity index (χ0) is 19.9. The van der Waals surface area contributed by atoms with Gasteiger partial charge in [-0.15, -0.1) is 0 Å². The number of hydrogen-bond acceptors (Lipinski definition) is 6. The maximum absolute atomic E-state index is 13.4. The van der Waals surface area contributed by atoms with E-state index in [1.807, 2.05) is 26.8 Å². The molecule has 6 nitrogen and oxygen atoms in total. The molecule has 4 rings (SSSR count). The van der Waals surface area contributed by atoms with Crippen LogP contribution >= 0.6 is 0 Å². The zero-order valence-electron chi connectivity index (χ0n) is 16.5. The number of fused-ring (bicyclic) bond motifs is 2. The molecule has 0 amide bonds. The van der Waals surface area contributed by atoms with Crippen molar-refractivity contribution in [2.24, 2.45) is 40.4 Å². The van der Waals surface area contributed by atoms with Gasteiger partial charge in [0.2, 0.25) is 5.78 Å². The predicted molar refractivity (Wildman–Crippen MR) is 95.2 cm³/mol. The largest absolute Gasteiger partial charge is 0.493 e. The summed E-state index contributed by atoms with van der Waals surface area (Å²) in [5, 5.41) is 11.1. The summed E-state index contributed by atoms with van der Waals surface area (Å²) in [6, 6.07) is 0. The maximum atomic E-state index is 13.4.